The Labute approximate surface area is 200 Å². The maximum atomic E-state index is 12.8. The van der Waals surface area contributed by atoms with Crippen LogP contribution < -0.4 is 10.6 Å². The first kappa shape index (κ1) is 23.1. The number of nitrogens with one attached hydrogen (secondary N) is 2. The summed E-state index contributed by atoms with van der Waals surface area (Å²) < 4.78 is 0. The minimum absolute atomic E-state index is 0.132. The number of amidine groups is 1. The number of carbonyl (C=O) groups excluding carboxylic acids is 2. The van der Waals surface area contributed by atoms with Crippen molar-refractivity contribution in [2.45, 2.75) is 6.42 Å². The van der Waals surface area contributed by atoms with Crippen LogP contribution in [0.1, 0.15) is 27.0 Å². The molecule has 0 aliphatic carbocycles. The SMILES string of the molecule is N#C/C(C(=O)NCCc1ccccc1)=C1/N=C(NC(=O)c2ccc([N+](=O)[O-])cc2)c2ccccc21. The lowest BCUT2D eigenvalue weighted by atomic mass is 10.0. The van der Waals surface area contributed by atoms with Crippen LogP contribution >= 0.6 is 0 Å². The summed E-state index contributed by atoms with van der Waals surface area (Å²) >= 11 is 0. The maximum absolute atomic E-state index is 12.8. The highest BCUT2D eigenvalue weighted by Crippen LogP contribution is 2.30. The van der Waals surface area contributed by atoms with E-state index in [0.29, 0.717) is 24.1 Å². The third-order valence-electron chi connectivity index (χ3n) is 5.35. The number of nitro benzene ring substituents is 1. The molecule has 0 fully saturated rings. The largest absolute Gasteiger partial charge is 0.351 e. The van der Waals surface area contributed by atoms with Crippen molar-refractivity contribution in [1.82, 2.24) is 10.6 Å². The van der Waals surface area contributed by atoms with Crippen molar-refractivity contribution < 1.29 is 14.5 Å². The molecule has 1 heterocycles. The number of benzene rings is 3. The average Bonchev–Trinajstić information content (AvgIpc) is 3.23. The third-order valence-corrected chi connectivity index (χ3v) is 5.35. The van der Waals surface area contributed by atoms with Crippen molar-refractivity contribution in [1.29, 1.82) is 5.26 Å². The monoisotopic (exact) mass is 465 g/mol. The second-order valence-electron chi connectivity index (χ2n) is 7.59. The molecule has 0 spiro atoms. The molecular formula is C26H19N5O4. The summed E-state index contributed by atoms with van der Waals surface area (Å²) in [5, 5.41) is 26.0. The molecule has 1 aliphatic rings. The second kappa shape index (κ2) is 10.2. The Morgan fingerprint density at radius 2 is 1.60 bits per heavy atom. The lowest BCUT2D eigenvalue weighted by Crippen LogP contribution is -2.30. The van der Waals surface area contributed by atoms with Gasteiger partial charge in [0.2, 0.25) is 0 Å². The van der Waals surface area contributed by atoms with Gasteiger partial charge in [0.1, 0.15) is 17.5 Å². The van der Waals surface area contributed by atoms with Gasteiger partial charge in [0.25, 0.3) is 17.5 Å². The Balaban J connectivity index is 1.56. The molecule has 0 saturated heterocycles. The molecular weight excluding hydrogens is 446 g/mol. The fourth-order valence-corrected chi connectivity index (χ4v) is 3.59. The van der Waals surface area contributed by atoms with E-state index in [9.17, 15) is 25.0 Å². The van der Waals surface area contributed by atoms with Crippen LogP contribution in [0, 0.1) is 21.4 Å². The van der Waals surface area contributed by atoms with Gasteiger partial charge < -0.3 is 10.6 Å². The molecule has 35 heavy (non-hydrogen) atoms. The number of rotatable bonds is 6. The number of amides is 2. The van der Waals surface area contributed by atoms with E-state index in [-0.39, 0.29) is 28.4 Å². The summed E-state index contributed by atoms with van der Waals surface area (Å²) in [5.74, 6) is -0.899. The molecule has 0 radical (unpaired) electrons. The molecule has 2 amide bonds. The van der Waals surface area contributed by atoms with Crippen molar-refractivity contribution in [3.63, 3.8) is 0 Å². The normalized spacial score (nSPS) is 13.2. The second-order valence-corrected chi connectivity index (χ2v) is 7.59. The van der Waals surface area contributed by atoms with Crippen molar-refractivity contribution in [3.8, 4) is 6.07 Å². The van der Waals surface area contributed by atoms with E-state index in [4.69, 9.17) is 0 Å². The number of non-ortho nitro benzene ring substituents is 1. The number of aliphatic imine (C=N–C) groups is 1. The number of hydrogen-bond acceptors (Lipinski definition) is 6. The lowest BCUT2D eigenvalue weighted by Gasteiger charge is -2.06. The number of nitro groups is 1. The predicted octanol–water partition coefficient (Wildman–Crippen LogP) is 3.38. The van der Waals surface area contributed by atoms with E-state index in [0.717, 1.165) is 5.56 Å². The Morgan fingerprint density at radius 3 is 2.26 bits per heavy atom. The molecule has 0 unspecified atom stereocenters. The topological polar surface area (TPSA) is 137 Å². The van der Waals surface area contributed by atoms with Gasteiger partial charge in [-0.25, -0.2) is 4.99 Å². The zero-order valence-corrected chi connectivity index (χ0v) is 18.4. The molecule has 1 aliphatic heterocycles. The van der Waals surface area contributed by atoms with Gasteiger partial charge in [-0.3, -0.25) is 19.7 Å². The third kappa shape index (κ3) is 5.12. The Kier molecular flexibility index (Phi) is 6.74. The highest BCUT2D eigenvalue weighted by molar-refractivity contribution is 6.20. The van der Waals surface area contributed by atoms with Crippen molar-refractivity contribution >= 4 is 29.0 Å². The van der Waals surface area contributed by atoms with Crippen molar-refractivity contribution in [2.75, 3.05) is 6.54 Å². The number of nitriles is 1. The number of nitrogens with zero attached hydrogens (tertiary/aromatic N) is 3. The minimum atomic E-state index is -0.556. The predicted molar refractivity (Wildman–Crippen MR) is 129 cm³/mol. The highest BCUT2D eigenvalue weighted by Gasteiger charge is 2.27. The minimum Gasteiger partial charge on any atom is -0.351 e. The van der Waals surface area contributed by atoms with Crippen LogP contribution in [0.25, 0.3) is 5.70 Å². The Hall–Kier alpha value is -5.10. The highest BCUT2D eigenvalue weighted by atomic mass is 16.6. The summed E-state index contributed by atoms with van der Waals surface area (Å²) in [6.07, 6.45) is 0.608. The first-order valence-electron chi connectivity index (χ1n) is 10.7. The molecule has 172 valence electrons. The fraction of sp³-hybridized carbons (Fsp3) is 0.0769. The van der Waals surface area contributed by atoms with Gasteiger partial charge in [-0.1, -0.05) is 54.6 Å². The zero-order chi connectivity index (χ0) is 24.8. The molecule has 0 atom stereocenters. The van der Waals surface area contributed by atoms with Gasteiger partial charge in [-0.05, 0) is 24.1 Å². The molecule has 0 aromatic heterocycles. The molecule has 3 aromatic rings. The average molecular weight is 465 g/mol. The molecule has 4 rings (SSSR count). The van der Waals surface area contributed by atoms with Gasteiger partial charge in [-0.15, -0.1) is 0 Å². The van der Waals surface area contributed by atoms with E-state index < -0.39 is 16.7 Å². The van der Waals surface area contributed by atoms with Gasteiger partial charge in [0, 0.05) is 35.4 Å². The van der Waals surface area contributed by atoms with Crippen LogP contribution in [0.3, 0.4) is 0 Å². The summed E-state index contributed by atoms with van der Waals surface area (Å²) in [4.78, 5) is 40.2. The fourth-order valence-electron chi connectivity index (χ4n) is 3.59. The molecule has 9 nitrogen and oxygen atoms in total. The standard InChI is InChI=1S/C26H19N5O4/c27-16-22(26(33)28-15-14-17-6-2-1-3-7-17)23-20-8-4-5-9-21(20)24(29-23)30-25(32)18-10-12-19(13-11-18)31(34)35/h1-13H,14-15H2,(H,28,33)(H,29,30,32)/b23-22-. The molecule has 3 aromatic carbocycles. The van der Waals surface area contributed by atoms with Crippen LogP contribution in [0.5, 0.6) is 0 Å². The van der Waals surface area contributed by atoms with Gasteiger partial charge in [-0.2, -0.15) is 5.26 Å². The van der Waals surface area contributed by atoms with Gasteiger partial charge >= 0.3 is 0 Å². The smallest absolute Gasteiger partial charge is 0.269 e. The van der Waals surface area contributed by atoms with Crippen molar-refractivity contribution in [3.05, 3.63) is 117 Å². The van der Waals surface area contributed by atoms with E-state index in [2.05, 4.69) is 15.6 Å². The molecule has 0 saturated carbocycles. The van der Waals surface area contributed by atoms with Crippen LogP contribution in [0.2, 0.25) is 0 Å². The summed E-state index contributed by atoms with van der Waals surface area (Å²) in [7, 11) is 0. The quantitative estimate of drug-likeness (QED) is 0.249. The summed E-state index contributed by atoms with van der Waals surface area (Å²) in [6.45, 7) is 0.344. The van der Waals surface area contributed by atoms with Crippen LogP contribution in [-0.4, -0.2) is 29.1 Å². The Bertz CT molecular complexity index is 1400. The first-order valence-corrected chi connectivity index (χ1v) is 10.7. The van der Waals surface area contributed by atoms with E-state index >= 15 is 0 Å². The number of hydrogen-bond donors (Lipinski definition) is 2. The zero-order valence-electron chi connectivity index (χ0n) is 18.4. The van der Waals surface area contributed by atoms with Crippen LogP contribution in [-0.2, 0) is 11.2 Å². The van der Waals surface area contributed by atoms with Gasteiger partial charge in [0.15, 0.2) is 0 Å². The molecule has 2 N–H and O–H groups in total. The first-order chi connectivity index (χ1) is 17.0. The summed E-state index contributed by atoms with van der Waals surface area (Å²) in [5.41, 5.74) is 2.23. The van der Waals surface area contributed by atoms with Crippen molar-refractivity contribution in [2.24, 2.45) is 4.99 Å². The number of fused-ring (bicyclic) bond motifs is 1. The molecule has 9 heteroatoms. The lowest BCUT2D eigenvalue weighted by molar-refractivity contribution is -0.384. The maximum Gasteiger partial charge on any atom is 0.269 e. The summed E-state index contributed by atoms with van der Waals surface area (Å²) in [6, 6.07) is 23.7. The van der Waals surface area contributed by atoms with Crippen LogP contribution in [0.15, 0.2) is 89.4 Å². The van der Waals surface area contributed by atoms with Crippen LogP contribution in [0.4, 0.5) is 5.69 Å². The van der Waals surface area contributed by atoms with E-state index in [1.165, 1.54) is 24.3 Å². The Morgan fingerprint density at radius 1 is 0.943 bits per heavy atom. The van der Waals surface area contributed by atoms with E-state index in [1.54, 1.807) is 24.3 Å². The van der Waals surface area contributed by atoms with Gasteiger partial charge in [0.05, 0.1) is 10.6 Å². The van der Waals surface area contributed by atoms with E-state index in [1.807, 2.05) is 36.4 Å². The number of carbonyl (C=O) groups is 2. The molecule has 0 bridgehead atoms.